The highest BCUT2D eigenvalue weighted by molar-refractivity contribution is 6.70. The van der Waals surface area contributed by atoms with Gasteiger partial charge in [0.15, 0.2) is 5.88 Å². The van der Waals surface area contributed by atoms with E-state index in [1.165, 1.54) is 0 Å². The van der Waals surface area contributed by atoms with Gasteiger partial charge in [0.25, 0.3) is 0 Å². The first-order valence-electron chi connectivity index (χ1n) is 6.88. The number of hydrogen-bond donors (Lipinski definition) is 2. The number of nitrogens with two attached hydrogens (primary N) is 1. The summed E-state index contributed by atoms with van der Waals surface area (Å²) >= 11 is 12.6. The molecule has 1 unspecified atom stereocenters. The molecular weight excluding hydrogens is 339 g/mol. The molecule has 0 radical (unpaired) electrons. The third-order valence-electron chi connectivity index (χ3n) is 3.84. The number of rotatable bonds is 2. The highest BCUT2D eigenvalue weighted by Gasteiger charge is 2.39. The van der Waals surface area contributed by atoms with Crippen molar-refractivity contribution in [1.29, 1.82) is 0 Å². The fourth-order valence-electron chi connectivity index (χ4n) is 2.92. The summed E-state index contributed by atoms with van der Waals surface area (Å²) in [6.45, 7) is 0.336. The Bertz CT molecular complexity index is 872. The van der Waals surface area contributed by atoms with Crippen LogP contribution in [0.4, 0.5) is 5.69 Å². The molecule has 0 spiro atoms. The fourth-order valence-corrected chi connectivity index (χ4v) is 3.43. The molecule has 6 nitrogen and oxygen atoms in total. The average molecular weight is 351 g/mol. The van der Waals surface area contributed by atoms with Crippen molar-refractivity contribution in [2.24, 2.45) is 10.7 Å². The van der Waals surface area contributed by atoms with Crippen molar-refractivity contribution in [3.63, 3.8) is 0 Å². The number of halogens is 2. The zero-order chi connectivity index (χ0) is 16.1. The molecule has 0 bridgehead atoms. The summed E-state index contributed by atoms with van der Waals surface area (Å²) in [5.74, 6) is 1.00. The second-order valence-electron chi connectivity index (χ2n) is 5.23. The molecule has 0 amide bonds. The number of hydrogen-bond acceptors (Lipinski definition) is 5. The first kappa shape index (κ1) is 14.6. The van der Waals surface area contributed by atoms with E-state index in [0.717, 1.165) is 11.3 Å². The summed E-state index contributed by atoms with van der Waals surface area (Å²) in [4.78, 5) is 12.0. The van der Waals surface area contributed by atoms with Crippen LogP contribution in [0.5, 0.6) is 5.88 Å². The summed E-state index contributed by atoms with van der Waals surface area (Å²) in [5, 5.41) is 0.796. The molecule has 118 valence electrons. The number of aliphatic imine (C=N–C) groups is 1. The molecule has 3 N–H and O–H groups in total. The van der Waals surface area contributed by atoms with Crippen LogP contribution in [0.1, 0.15) is 23.0 Å². The topological polar surface area (TPSA) is 85.5 Å². The number of benzene rings is 1. The van der Waals surface area contributed by atoms with E-state index in [4.69, 9.17) is 38.4 Å². The number of nitrogens with one attached hydrogen (secondary N) is 1. The number of fused-ring (bicyclic) bond motifs is 5. The summed E-state index contributed by atoms with van der Waals surface area (Å²) in [7, 11) is 1.60. The number of imidazole rings is 1. The molecule has 2 aliphatic rings. The lowest BCUT2D eigenvalue weighted by molar-refractivity contribution is 0.178. The molecule has 0 fully saturated rings. The molecule has 23 heavy (non-hydrogen) atoms. The molecule has 0 aliphatic carbocycles. The third kappa shape index (κ3) is 2.14. The van der Waals surface area contributed by atoms with E-state index in [1.54, 1.807) is 13.2 Å². The predicted molar refractivity (Wildman–Crippen MR) is 87.4 cm³/mol. The lowest BCUT2D eigenvalue weighted by Gasteiger charge is -2.29. The Morgan fingerprint density at radius 1 is 1.39 bits per heavy atom. The van der Waals surface area contributed by atoms with Crippen molar-refractivity contribution < 1.29 is 9.47 Å². The van der Waals surface area contributed by atoms with E-state index in [2.05, 4.69) is 15.0 Å². The number of H-pyrrole nitrogens is 1. The van der Waals surface area contributed by atoms with Crippen molar-refractivity contribution in [2.75, 3.05) is 7.11 Å². The minimum atomic E-state index is -0.254. The maximum Gasteiger partial charge on any atom is 0.243 e. The molecule has 4 rings (SSSR count). The number of aromatic nitrogens is 2. The quantitative estimate of drug-likeness (QED) is 0.870. The van der Waals surface area contributed by atoms with Crippen molar-refractivity contribution in [3.8, 4) is 5.88 Å². The van der Waals surface area contributed by atoms with Gasteiger partial charge in [-0.15, -0.1) is 0 Å². The Morgan fingerprint density at radius 3 is 3.00 bits per heavy atom. The summed E-state index contributed by atoms with van der Waals surface area (Å²) in [6, 6.07) is 5.58. The van der Waals surface area contributed by atoms with Crippen LogP contribution in [0.3, 0.4) is 0 Å². The fraction of sp³-hybridized carbons (Fsp3) is 0.200. The van der Waals surface area contributed by atoms with Gasteiger partial charge in [-0.05, 0) is 11.6 Å². The first-order chi connectivity index (χ1) is 11.1. The zero-order valence-electron chi connectivity index (χ0n) is 12.1. The second-order valence-corrected chi connectivity index (χ2v) is 5.99. The van der Waals surface area contributed by atoms with Gasteiger partial charge in [-0.1, -0.05) is 35.3 Å². The van der Waals surface area contributed by atoms with Gasteiger partial charge in [-0.25, -0.2) is 4.99 Å². The Kier molecular flexibility index (Phi) is 3.33. The van der Waals surface area contributed by atoms with Gasteiger partial charge < -0.3 is 20.2 Å². The lowest BCUT2D eigenvalue weighted by Crippen LogP contribution is -2.26. The van der Waals surface area contributed by atoms with Gasteiger partial charge >= 0.3 is 0 Å². The molecule has 2 aliphatic heterocycles. The molecule has 3 heterocycles. The largest absolute Gasteiger partial charge is 0.421 e. The van der Waals surface area contributed by atoms with E-state index < -0.39 is 0 Å². The zero-order valence-corrected chi connectivity index (χ0v) is 13.6. The van der Waals surface area contributed by atoms with Gasteiger partial charge in [0, 0.05) is 7.11 Å². The molecule has 2 aromatic rings. The lowest BCUT2D eigenvalue weighted by atomic mass is 9.85. The predicted octanol–water partition coefficient (Wildman–Crippen LogP) is 3.19. The van der Waals surface area contributed by atoms with Gasteiger partial charge in [0.05, 0.1) is 27.9 Å². The normalized spacial score (nSPS) is 18.7. The number of allylic oxidation sites excluding steroid dienone is 1. The van der Waals surface area contributed by atoms with Crippen LogP contribution in [-0.2, 0) is 11.3 Å². The second kappa shape index (κ2) is 5.26. The van der Waals surface area contributed by atoms with Crippen molar-refractivity contribution >= 4 is 34.1 Å². The van der Waals surface area contributed by atoms with Crippen LogP contribution >= 0.6 is 23.2 Å². The Balaban J connectivity index is 1.96. The van der Waals surface area contributed by atoms with Gasteiger partial charge in [-0.3, -0.25) is 0 Å². The Labute approximate surface area is 141 Å². The average Bonchev–Trinajstić information content (AvgIpc) is 2.90. The van der Waals surface area contributed by atoms with E-state index in [-0.39, 0.29) is 17.0 Å². The Hall–Kier alpha value is -2.02. The SMILES string of the molecule is COCc1nc2c([nH]1)C1C(=C(N)O2)C(Cl)=Nc2c(Cl)cccc21. The molecular formula is C15H12Cl2N4O2. The summed E-state index contributed by atoms with van der Waals surface area (Å²) < 4.78 is 10.7. The van der Waals surface area contributed by atoms with Crippen LogP contribution in [0.15, 0.2) is 34.6 Å². The maximum absolute atomic E-state index is 6.33. The first-order valence-corrected chi connectivity index (χ1v) is 7.64. The van der Waals surface area contributed by atoms with Crippen LogP contribution in [0.2, 0.25) is 5.02 Å². The summed E-state index contributed by atoms with van der Waals surface area (Å²) in [5.41, 5.74) is 8.96. The highest BCUT2D eigenvalue weighted by atomic mass is 35.5. The smallest absolute Gasteiger partial charge is 0.243 e. The number of methoxy groups -OCH3 is 1. The van der Waals surface area contributed by atoms with E-state index in [1.807, 2.05) is 12.1 Å². The monoisotopic (exact) mass is 350 g/mol. The van der Waals surface area contributed by atoms with Gasteiger partial charge in [0.1, 0.15) is 17.6 Å². The van der Waals surface area contributed by atoms with Crippen LogP contribution < -0.4 is 10.5 Å². The minimum absolute atomic E-state index is 0.192. The van der Waals surface area contributed by atoms with E-state index >= 15 is 0 Å². The number of aromatic amines is 1. The minimum Gasteiger partial charge on any atom is -0.421 e. The van der Waals surface area contributed by atoms with E-state index in [9.17, 15) is 0 Å². The third-order valence-corrected chi connectivity index (χ3v) is 4.43. The summed E-state index contributed by atoms with van der Waals surface area (Å²) in [6.07, 6.45) is 0. The van der Waals surface area contributed by atoms with Gasteiger partial charge in [-0.2, -0.15) is 4.98 Å². The number of para-hydroxylation sites is 1. The van der Waals surface area contributed by atoms with Crippen LogP contribution in [0.25, 0.3) is 0 Å². The molecule has 1 aromatic carbocycles. The standard InChI is InChI=1S/C15H12Cl2N4O2/c1-22-5-8-19-12-9-6-3-2-4-7(16)11(6)21-13(17)10(9)14(18)23-15(12)20-8/h2-4,9H,5,18H2,1H3,(H,19,20). The molecule has 0 saturated carbocycles. The van der Waals surface area contributed by atoms with Crippen LogP contribution in [-0.4, -0.2) is 22.2 Å². The molecule has 1 atom stereocenters. The van der Waals surface area contributed by atoms with Crippen molar-refractivity contribution in [1.82, 2.24) is 9.97 Å². The molecule has 8 heteroatoms. The molecule has 1 aromatic heterocycles. The number of nitrogens with zero attached hydrogens (tertiary/aromatic N) is 2. The van der Waals surface area contributed by atoms with Crippen molar-refractivity contribution in [3.05, 3.63) is 51.8 Å². The van der Waals surface area contributed by atoms with Crippen molar-refractivity contribution in [2.45, 2.75) is 12.5 Å². The van der Waals surface area contributed by atoms with Gasteiger partial charge in [0.2, 0.25) is 5.88 Å². The van der Waals surface area contributed by atoms with Crippen LogP contribution in [0, 0.1) is 0 Å². The number of ether oxygens (including phenoxy) is 2. The molecule has 0 saturated heterocycles. The Morgan fingerprint density at radius 2 is 2.22 bits per heavy atom. The van der Waals surface area contributed by atoms with E-state index in [0.29, 0.717) is 34.6 Å². The highest BCUT2D eigenvalue weighted by Crippen LogP contribution is 2.49. The maximum atomic E-state index is 6.33.